The van der Waals surface area contributed by atoms with Gasteiger partial charge in [0.15, 0.2) is 0 Å². The van der Waals surface area contributed by atoms with Crippen LogP contribution in [-0.2, 0) is 17.7 Å². The Balaban J connectivity index is 1.72. The van der Waals surface area contributed by atoms with Crippen LogP contribution in [0.25, 0.3) is 0 Å². The molecule has 1 aliphatic rings. The highest BCUT2D eigenvalue weighted by atomic mass is 16.6. The van der Waals surface area contributed by atoms with Crippen molar-refractivity contribution in [2.24, 2.45) is 0 Å². The van der Waals surface area contributed by atoms with E-state index < -0.39 is 5.60 Å². The highest BCUT2D eigenvalue weighted by Gasteiger charge is 2.26. The predicted octanol–water partition coefficient (Wildman–Crippen LogP) is 2.73. The first-order chi connectivity index (χ1) is 10.4. The Labute approximate surface area is 132 Å². The molecular weight excluding hydrogens is 282 g/mol. The molecule has 2 heterocycles. The Hall–Kier alpha value is -1.56. The first-order valence-electron chi connectivity index (χ1n) is 8.02. The molecule has 1 amide bonds. The van der Waals surface area contributed by atoms with Crippen molar-refractivity contribution < 1.29 is 13.9 Å². The molecule has 1 fully saturated rings. The van der Waals surface area contributed by atoms with Crippen molar-refractivity contribution in [2.45, 2.75) is 65.1 Å². The molecule has 124 valence electrons. The zero-order valence-electron chi connectivity index (χ0n) is 14.0. The maximum atomic E-state index is 12.0. The van der Waals surface area contributed by atoms with Gasteiger partial charge in [0.2, 0.25) is 5.89 Å². The summed E-state index contributed by atoms with van der Waals surface area (Å²) in [5.74, 6) is 1.64. The molecule has 1 aromatic rings. The third kappa shape index (κ3) is 5.02. The molecule has 0 aliphatic carbocycles. The number of hydrogen-bond acceptors (Lipinski definition) is 5. The van der Waals surface area contributed by atoms with Gasteiger partial charge >= 0.3 is 6.09 Å². The van der Waals surface area contributed by atoms with Gasteiger partial charge in [-0.1, -0.05) is 6.92 Å². The quantitative estimate of drug-likeness (QED) is 0.926. The number of aromatic nitrogens is 1. The van der Waals surface area contributed by atoms with E-state index in [9.17, 15) is 4.79 Å². The first kappa shape index (κ1) is 16.8. The molecule has 0 saturated carbocycles. The van der Waals surface area contributed by atoms with Crippen LogP contribution in [-0.4, -0.2) is 40.7 Å². The molecule has 0 radical (unpaired) electrons. The fourth-order valence-corrected chi connectivity index (χ4v) is 2.42. The summed E-state index contributed by atoms with van der Waals surface area (Å²) >= 11 is 0. The Bertz CT molecular complexity index is 485. The normalized spacial score (nSPS) is 16.8. The number of oxazole rings is 1. The molecule has 0 unspecified atom stereocenters. The van der Waals surface area contributed by atoms with Gasteiger partial charge in [-0.25, -0.2) is 9.78 Å². The summed E-state index contributed by atoms with van der Waals surface area (Å²) in [5.41, 5.74) is -0.436. The Morgan fingerprint density at radius 2 is 2.14 bits per heavy atom. The van der Waals surface area contributed by atoms with Crippen molar-refractivity contribution in [1.29, 1.82) is 0 Å². The van der Waals surface area contributed by atoms with Gasteiger partial charge in [-0.15, -0.1) is 0 Å². The number of amides is 1. The number of carbonyl (C=O) groups excluding carboxylic acids is 1. The summed E-state index contributed by atoms with van der Waals surface area (Å²) in [6.07, 6.45) is 4.26. The van der Waals surface area contributed by atoms with Crippen LogP contribution in [0, 0.1) is 0 Å². The van der Waals surface area contributed by atoms with E-state index in [0.29, 0.717) is 12.6 Å². The number of rotatable bonds is 4. The standard InChI is InChI=1S/C16H27N3O3/c1-5-13-10-18-14(21-13)11-17-12-6-8-19(9-7-12)15(20)22-16(2,3)4/h10,12,17H,5-9,11H2,1-4H3. The van der Waals surface area contributed by atoms with Gasteiger partial charge in [0.05, 0.1) is 12.7 Å². The van der Waals surface area contributed by atoms with Crippen LogP contribution in [0.1, 0.15) is 52.2 Å². The number of nitrogens with one attached hydrogen (secondary N) is 1. The summed E-state index contributed by atoms with van der Waals surface area (Å²) in [6, 6.07) is 0.385. The van der Waals surface area contributed by atoms with Gasteiger partial charge < -0.3 is 19.4 Å². The Kier molecular flexibility index (Phi) is 5.45. The molecule has 0 bridgehead atoms. The molecular formula is C16H27N3O3. The SMILES string of the molecule is CCc1cnc(CNC2CCN(C(=O)OC(C)(C)C)CC2)o1. The monoisotopic (exact) mass is 309 g/mol. The van der Waals surface area contributed by atoms with Crippen LogP contribution in [0.4, 0.5) is 4.79 Å². The number of likely N-dealkylation sites (tertiary alicyclic amines) is 1. The number of aryl methyl sites for hydroxylation is 1. The van der Waals surface area contributed by atoms with E-state index in [1.54, 1.807) is 11.1 Å². The minimum absolute atomic E-state index is 0.216. The van der Waals surface area contributed by atoms with E-state index in [0.717, 1.165) is 44.0 Å². The lowest BCUT2D eigenvalue weighted by molar-refractivity contribution is 0.0197. The predicted molar refractivity (Wildman–Crippen MR) is 83.5 cm³/mol. The second-order valence-corrected chi connectivity index (χ2v) is 6.70. The van der Waals surface area contributed by atoms with Crippen molar-refractivity contribution in [3.05, 3.63) is 17.8 Å². The number of piperidine rings is 1. The number of nitrogens with zero attached hydrogens (tertiary/aromatic N) is 2. The van der Waals surface area contributed by atoms with Crippen LogP contribution in [0.3, 0.4) is 0 Å². The molecule has 1 saturated heterocycles. The molecule has 6 heteroatoms. The second kappa shape index (κ2) is 7.13. The van der Waals surface area contributed by atoms with Gasteiger partial charge in [-0.3, -0.25) is 0 Å². The van der Waals surface area contributed by atoms with E-state index in [1.807, 2.05) is 27.7 Å². The van der Waals surface area contributed by atoms with E-state index >= 15 is 0 Å². The maximum absolute atomic E-state index is 12.0. The van der Waals surface area contributed by atoms with Crippen molar-refractivity contribution in [3.8, 4) is 0 Å². The minimum atomic E-state index is -0.436. The van der Waals surface area contributed by atoms with E-state index in [-0.39, 0.29) is 6.09 Å². The number of ether oxygens (including phenoxy) is 1. The van der Waals surface area contributed by atoms with Gasteiger partial charge in [-0.2, -0.15) is 0 Å². The minimum Gasteiger partial charge on any atom is -0.444 e. The average Bonchev–Trinajstić information content (AvgIpc) is 2.92. The highest BCUT2D eigenvalue weighted by molar-refractivity contribution is 5.68. The summed E-state index contributed by atoms with van der Waals surface area (Å²) < 4.78 is 11.0. The lowest BCUT2D eigenvalue weighted by Gasteiger charge is -2.33. The third-order valence-electron chi connectivity index (χ3n) is 3.64. The summed E-state index contributed by atoms with van der Waals surface area (Å²) in [6.45, 7) is 9.79. The molecule has 0 atom stereocenters. The van der Waals surface area contributed by atoms with Crippen molar-refractivity contribution >= 4 is 6.09 Å². The number of carbonyl (C=O) groups is 1. The molecule has 1 aromatic heterocycles. The van der Waals surface area contributed by atoms with Crippen LogP contribution in [0.2, 0.25) is 0 Å². The molecule has 1 N–H and O–H groups in total. The van der Waals surface area contributed by atoms with Crippen LogP contribution in [0.5, 0.6) is 0 Å². The average molecular weight is 309 g/mol. The zero-order chi connectivity index (χ0) is 16.2. The summed E-state index contributed by atoms with van der Waals surface area (Å²) in [7, 11) is 0. The molecule has 22 heavy (non-hydrogen) atoms. The molecule has 6 nitrogen and oxygen atoms in total. The van der Waals surface area contributed by atoms with E-state index in [1.165, 1.54) is 0 Å². The van der Waals surface area contributed by atoms with Crippen molar-refractivity contribution in [1.82, 2.24) is 15.2 Å². The van der Waals surface area contributed by atoms with Crippen LogP contribution >= 0.6 is 0 Å². The lowest BCUT2D eigenvalue weighted by Crippen LogP contribution is -2.46. The molecule has 2 rings (SSSR count). The van der Waals surface area contributed by atoms with Gasteiger partial charge in [0.1, 0.15) is 11.4 Å². The maximum Gasteiger partial charge on any atom is 0.410 e. The van der Waals surface area contributed by atoms with Gasteiger partial charge in [0, 0.05) is 25.6 Å². The van der Waals surface area contributed by atoms with E-state index in [4.69, 9.17) is 9.15 Å². The highest BCUT2D eigenvalue weighted by Crippen LogP contribution is 2.16. The smallest absolute Gasteiger partial charge is 0.410 e. The lowest BCUT2D eigenvalue weighted by atomic mass is 10.1. The van der Waals surface area contributed by atoms with Crippen LogP contribution in [0.15, 0.2) is 10.6 Å². The molecule has 0 spiro atoms. The zero-order valence-corrected chi connectivity index (χ0v) is 14.0. The molecule has 0 aromatic carbocycles. The van der Waals surface area contributed by atoms with Crippen molar-refractivity contribution in [3.63, 3.8) is 0 Å². The molecule has 1 aliphatic heterocycles. The fraction of sp³-hybridized carbons (Fsp3) is 0.750. The number of hydrogen-bond donors (Lipinski definition) is 1. The first-order valence-corrected chi connectivity index (χ1v) is 8.02. The second-order valence-electron chi connectivity index (χ2n) is 6.70. The van der Waals surface area contributed by atoms with Gasteiger partial charge in [0.25, 0.3) is 0 Å². The Morgan fingerprint density at radius 1 is 1.45 bits per heavy atom. The topological polar surface area (TPSA) is 67.6 Å². The largest absolute Gasteiger partial charge is 0.444 e. The van der Waals surface area contributed by atoms with Crippen molar-refractivity contribution in [2.75, 3.05) is 13.1 Å². The van der Waals surface area contributed by atoms with E-state index in [2.05, 4.69) is 10.3 Å². The fourth-order valence-electron chi connectivity index (χ4n) is 2.42. The summed E-state index contributed by atoms with van der Waals surface area (Å²) in [5, 5.41) is 3.45. The third-order valence-corrected chi connectivity index (χ3v) is 3.64. The van der Waals surface area contributed by atoms with Gasteiger partial charge in [-0.05, 0) is 33.6 Å². The van der Waals surface area contributed by atoms with Crippen LogP contribution < -0.4 is 5.32 Å². The summed E-state index contributed by atoms with van der Waals surface area (Å²) in [4.78, 5) is 18.0. The Morgan fingerprint density at radius 3 is 2.68 bits per heavy atom.